The number of halogens is 1. The summed E-state index contributed by atoms with van der Waals surface area (Å²) in [5.74, 6) is 5.94. The number of thiazole rings is 1. The quantitative estimate of drug-likeness (QED) is 0.650. The SMILES string of the molecule is CN(Cc1cscn1)Cc1nc(NN)ccc1Cl. The van der Waals surface area contributed by atoms with Crippen molar-refractivity contribution in [3.8, 4) is 0 Å². The van der Waals surface area contributed by atoms with Crippen molar-refractivity contribution >= 4 is 28.8 Å². The summed E-state index contributed by atoms with van der Waals surface area (Å²) in [5, 5.41) is 2.67. The second-order valence-electron chi connectivity index (χ2n) is 3.92. The summed E-state index contributed by atoms with van der Waals surface area (Å²) in [7, 11) is 2.00. The molecule has 0 unspecified atom stereocenters. The molecule has 0 aliphatic rings. The molecule has 0 atom stereocenters. The van der Waals surface area contributed by atoms with Gasteiger partial charge < -0.3 is 5.43 Å². The molecule has 0 aliphatic heterocycles. The van der Waals surface area contributed by atoms with Gasteiger partial charge >= 0.3 is 0 Å². The molecule has 7 heteroatoms. The van der Waals surface area contributed by atoms with Crippen LogP contribution in [0.25, 0.3) is 0 Å². The van der Waals surface area contributed by atoms with Gasteiger partial charge in [0, 0.05) is 18.5 Å². The molecule has 0 spiro atoms. The highest BCUT2D eigenvalue weighted by molar-refractivity contribution is 7.07. The van der Waals surface area contributed by atoms with E-state index in [0.717, 1.165) is 17.9 Å². The van der Waals surface area contributed by atoms with Gasteiger partial charge in [-0.15, -0.1) is 11.3 Å². The van der Waals surface area contributed by atoms with Gasteiger partial charge in [0.1, 0.15) is 5.82 Å². The number of aromatic nitrogens is 2. The number of hydrogen-bond donors (Lipinski definition) is 2. The number of nitrogens with one attached hydrogen (secondary N) is 1. The predicted molar refractivity (Wildman–Crippen MR) is 74.3 cm³/mol. The number of pyridine rings is 1. The van der Waals surface area contributed by atoms with Crippen molar-refractivity contribution in [1.29, 1.82) is 0 Å². The Labute approximate surface area is 115 Å². The van der Waals surface area contributed by atoms with Crippen LogP contribution in [0.5, 0.6) is 0 Å². The molecule has 0 aromatic carbocycles. The molecule has 0 aliphatic carbocycles. The molecule has 0 radical (unpaired) electrons. The Kier molecular flexibility index (Phi) is 4.48. The lowest BCUT2D eigenvalue weighted by atomic mass is 10.3. The Morgan fingerprint density at radius 3 is 2.94 bits per heavy atom. The predicted octanol–water partition coefficient (Wildman–Crippen LogP) is 2.11. The molecule has 2 aromatic rings. The highest BCUT2D eigenvalue weighted by Crippen LogP contribution is 2.18. The minimum absolute atomic E-state index is 0.608. The lowest BCUT2D eigenvalue weighted by molar-refractivity contribution is 0.312. The molecule has 0 fully saturated rings. The molecule has 0 saturated heterocycles. The van der Waals surface area contributed by atoms with Crippen molar-refractivity contribution in [2.24, 2.45) is 5.84 Å². The van der Waals surface area contributed by atoms with Crippen LogP contribution in [-0.4, -0.2) is 21.9 Å². The number of nitrogens with zero attached hydrogens (tertiary/aromatic N) is 3. The lowest BCUT2D eigenvalue weighted by Crippen LogP contribution is -2.19. The first-order chi connectivity index (χ1) is 8.69. The third-order valence-corrected chi connectivity index (χ3v) is 3.38. The molecule has 0 bridgehead atoms. The highest BCUT2D eigenvalue weighted by atomic mass is 35.5. The topological polar surface area (TPSA) is 67.1 Å². The van der Waals surface area contributed by atoms with Crippen LogP contribution in [0.3, 0.4) is 0 Å². The average molecular weight is 284 g/mol. The van der Waals surface area contributed by atoms with Gasteiger partial charge in [-0.3, -0.25) is 4.90 Å². The molecule has 2 rings (SSSR count). The van der Waals surface area contributed by atoms with Gasteiger partial charge in [-0.1, -0.05) is 11.6 Å². The first-order valence-corrected chi connectivity index (χ1v) is 6.68. The van der Waals surface area contributed by atoms with E-state index in [4.69, 9.17) is 17.4 Å². The maximum atomic E-state index is 6.11. The highest BCUT2D eigenvalue weighted by Gasteiger charge is 2.08. The number of nitrogen functional groups attached to an aromatic ring is 1. The molecular formula is C11H14ClN5S. The first kappa shape index (κ1) is 13.2. The number of rotatable bonds is 5. The molecular weight excluding hydrogens is 270 g/mol. The van der Waals surface area contributed by atoms with E-state index in [1.54, 1.807) is 23.5 Å². The molecule has 96 valence electrons. The van der Waals surface area contributed by atoms with Crippen molar-refractivity contribution in [1.82, 2.24) is 14.9 Å². The fourth-order valence-electron chi connectivity index (χ4n) is 1.58. The third kappa shape index (κ3) is 3.39. The van der Waals surface area contributed by atoms with Gasteiger partial charge in [0.25, 0.3) is 0 Å². The van der Waals surface area contributed by atoms with E-state index < -0.39 is 0 Å². The summed E-state index contributed by atoms with van der Waals surface area (Å²) in [6, 6.07) is 3.53. The van der Waals surface area contributed by atoms with Gasteiger partial charge in [0.15, 0.2) is 0 Å². The number of hydrogen-bond acceptors (Lipinski definition) is 6. The van der Waals surface area contributed by atoms with E-state index in [1.807, 2.05) is 17.9 Å². The van der Waals surface area contributed by atoms with Crippen LogP contribution in [-0.2, 0) is 13.1 Å². The van der Waals surface area contributed by atoms with E-state index >= 15 is 0 Å². The van der Waals surface area contributed by atoms with Crippen molar-refractivity contribution in [3.05, 3.63) is 39.4 Å². The molecule has 18 heavy (non-hydrogen) atoms. The summed E-state index contributed by atoms with van der Waals surface area (Å²) in [6.07, 6.45) is 0. The van der Waals surface area contributed by atoms with Crippen LogP contribution in [0.1, 0.15) is 11.4 Å². The first-order valence-electron chi connectivity index (χ1n) is 5.36. The molecule has 2 aromatic heterocycles. The summed E-state index contributed by atoms with van der Waals surface area (Å²) < 4.78 is 0. The number of nitrogens with two attached hydrogens (primary N) is 1. The van der Waals surface area contributed by atoms with Gasteiger partial charge in [-0.25, -0.2) is 15.8 Å². The van der Waals surface area contributed by atoms with Crippen molar-refractivity contribution < 1.29 is 0 Å². The van der Waals surface area contributed by atoms with Crippen LogP contribution in [0, 0.1) is 0 Å². The van der Waals surface area contributed by atoms with Crippen molar-refractivity contribution in [2.75, 3.05) is 12.5 Å². The summed E-state index contributed by atoms with van der Waals surface area (Å²) >= 11 is 7.70. The summed E-state index contributed by atoms with van der Waals surface area (Å²) in [4.78, 5) is 10.7. The monoisotopic (exact) mass is 283 g/mol. The minimum atomic E-state index is 0.608. The second kappa shape index (κ2) is 6.10. The largest absolute Gasteiger partial charge is 0.308 e. The fraction of sp³-hybridized carbons (Fsp3) is 0.273. The molecule has 0 amide bonds. The standard InChI is InChI=1S/C11H14ClN5S/c1-17(4-8-6-18-7-14-8)5-10-9(12)2-3-11(15-10)16-13/h2-3,6-7H,4-5,13H2,1H3,(H,15,16). The second-order valence-corrected chi connectivity index (χ2v) is 5.05. The third-order valence-electron chi connectivity index (χ3n) is 2.40. The Morgan fingerprint density at radius 2 is 2.28 bits per heavy atom. The van der Waals surface area contributed by atoms with Gasteiger partial charge in [-0.05, 0) is 19.2 Å². The van der Waals surface area contributed by atoms with Crippen molar-refractivity contribution in [2.45, 2.75) is 13.1 Å². The minimum Gasteiger partial charge on any atom is -0.308 e. The zero-order valence-corrected chi connectivity index (χ0v) is 11.5. The maximum Gasteiger partial charge on any atom is 0.140 e. The van der Waals surface area contributed by atoms with E-state index in [0.29, 0.717) is 17.4 Å². The average Bonchev–Trinajstić information content (AvgIpc) is 2.84. The van der Waals surface area contributed by atoms with E-state index in [2.05, 4.69) is 20.3 Å². The van der Waals surface area contributed by atoms with Crippen LogP contribution in [0.4, 0.5) is 5.82 Å². The van der Waals surface area contributed by atoms with Gasteiger partial charge in [0.2, 0.25) is 0 Å². The summed E-state index contributed by atoms with van der Waals surface area (Å²) in [5.41, 5.74) is 6.19. The van der Waals surface area contributed by atoms with E-state index in [1.165, 1.54) is 0 Å². The molecule has 3 N–H and O–H groups in total. The van der Waals surface area contributed by atoms with Gasteiger partial charge in [0.05, 0.1) is 21.9 Å². The van der Waals surface area contributed by atoms with E-state index in [-0.39, 0.29) is 0 Å². The Hall–Kier alpha value is -1.21. The Balaban J connectivity index is 2.04. The normalized spacial score (nSPS) is 10.9. The smallest absolute Gasteiger partial charge is 0.140 e. The van der Waals surface area contributed by atoms with Crippen molar-refractivity contribution in [3.63, 3.8) is 0 Å². The van der Waals surface area contributed by atoms with Gasteiger partial charge in [-0.2, -0.15) is 0 Å². The molecule has 2 heterocycles. The van der Waals surface area contributed by atoms with E-state index in [9.17, 15) is 0 Å². The van der Waals surface area contributed by atoms with Crippen LogP contribution < -0.4 is 11.3 Å². The fourth-order valence-corrected chi connectivity index (χ4v) is 2.29. The number of hydrazine groups is 1. The van der Waals surface area contributed by atoms with Crippen LogP contribution in [0.2, 0.25) is 5.02 Å². The zero-order valence-electron chi connectivity index (χ0n) is 9.93. The zero-order chi connectivity index (χ0) is 13.0. The van der Waals surface area contributed by atoms with Crippen LogP contribution >= 0.6 is 22.9 Å². The van der Waals surface area contributed by atoms with Crippen LogP contribution in [0.15, 0.2) is 23.0 Å². The maximum absolute atomic E-state index is 6.11. The Morgan fingerprint density at radius 1 is 1.44 bits per heavy atom. The number of anilines is 1. The molecule has 0 saturated carbocycles. The lowest BCUT2D eigenvalue weighted by Gasteiger charge is -2.16. The molecule has 5 nitrogen and oxygen atoms in total. The Bertz CT molecular complexity index is 502. The summed E-state index contributed by atoms with van der Waals surface area (Å²) in [6.45, 7) is 1.41.